The van der Waals surface area contributed by atoms with E-state index in [9.17, 15) is 4.79 Å². The highest BCUT2D eigenvalue weighted by molar-refractivity contribution is 5.80. The molecule has 4 rings (SSSR count). The van der Waals surface area contributed by atoms with E-state index in [0.717, 1.165) is 10.9 Å². The summed E-state index contributed by atoms with van der Waals surface area (Å²) < 4.78 is 6.98. The first kappa shape index (κ1) is 13.5. The molecule has 1 aromatic carbocycles. The summed E-state index contributed by atoms with van der Waals surface area (Å²) in [6.45, 7) is 0.361. The van der Waals surface area contributed by atoms with Gasteiger partial charge in [0.2, 0.25) is 0 Å². The van der Waals surface area contributed by atoms with Gasteiger partial charge >= 0.3 is 0 Å². The summed E-state index contributed by atoms with van der Waals surface area (Å²) in [6, 6.07) is 15.3. The van der Waals surface area contributed by atoms with Gasteiger partial charge in [-0.15, -0.1) is 0 Å². The molecule has 0 aliphatic carbocycles. The minimum atomic E-state index is -0.0835. The second-order valence-corrected chi connectivity index (χ2v) is 5.26. The molecular weight excluding hydrogens is 290 g/mol. The van der Waals surface area contributed by atoms with Crippen LogP contribution in [0.4, 0.5) is 0 Å². The number of hydrogen-bond donors (Lipinski definition) is 0. The molecule has 5 heteroatoms. The highest BCUT2D eigenvalue weighted by Gasteiger charge is 2.09. The summed E-state index contributed by atoms with van der Waals surface area (Å²) in [5, 5.41) is 5.54. The fraction of sp³-hybridized carbons (Fsp3) is 0.0556. The second kappa shape index (κ2) is 5.53. The average molecular weight is 303 g/mol. The Hall–Kier alpha value is -3.21. The Balaban J connectivity index is 1.68. The van der Waals surface area contributed by atoms with Gasteiger partial charge in [-0.25, -0.2) is 0 Å². The molecule has 3 aromatic heterocycles. The lowest BCUT2D eigenvalue weighted by Gasteiger charge is -2.04. The number of rotatable bonds is 3. The minimum absolute atomic E-state index is 0.0835. The molecule has 0 bridgehead atoms. The van der Waals surface area contributed by atoms with Crippen LogP contribution in [0.2, 0.25) is 0 Å². The van der Waals surface area contributed by atoms with Gasteiger partial charge in [0.15, 0.2) is 5.76 Å². The van der Waals surface area contributed by atoms with E-state index in [1.54, 1.807) is 23.2 Å². The lowest BCUT2D eigenvalue weighted by molar-refractivity contribution is 0.421. The minimum Gasteiger partial charge on any atom is -0.356 e. The van der Waals surface area contributed by atoms with Crippen LogP contribution in [0, 0.1) is 0 Å². The molecule has 0 unspecified atom stereocenters. The molecule has 112 valence electrons. The number of benzene rings is 1. The number of hydrogen-bond acceptors (Lipinski definition) is 4. The molecule has 0 atom stereocenters. The average Bonchev–Trinajstić information content (AvgIpc) is 3.07. The Bertz CT molecular complexity index is 1020. The predicted molar refractivity (Wildman–Crippen MR) is 87.0 cm³/mol. The molecule has 0 aliphatic heterocycles. The van der Waals surface area contributed by atoms with E-state index in [0.29, 0.717) is 23.4 Å². The number of aromatic nitrogens is 3. The van der Waals surface area contributed by atoms with Crippen molar-refractivity contribution in [3.05, 3.63) is 83.2 Å². The molecule has 0 saturated carbocycles. The summed E-state index contributed by atoms with van der Waals surface area (Å²) in [6.07, 6.45) is 5.03. The first-order chi connectivity index (χ1) is 11.3. The molecule has 0 N–H and O–H groups in total. The molecule has 0 aliphatic rings. The maximum Gasteiger partial charge on any atom is 0.260 e. The monoisotopic (exact) mass is 303 g/mol. The highest BCUT2D eigenvalue weighted by atomic mass is 16.5. The third kappa shape index (κ3) is 2.53. The lowest BCUT2D eigenvalue weighted by atomic mass is 10.1. The van der Waals surface area contributed by atoms with Crippen LogP contribution in [0.25, 0.3) is 22.1 Å². The van der Waals surface area contributed by atoms with Crippen LogP contribution in [0.1, 0.15) is 5.69 Å². The van der Waals surface area contributed by atoms with E-state index in [-0.39, 0.29) is 5.56 Å². The highest BCUT2D eigenvalue weighted by Crippen LogP contribution is 2.20. The van der Waals surface area contributed by atoms with Crippen LogP contribution in [0.15, 0.2) is 76.4 Å². The summed E-state index contributed by atoms with van der Waals surface area (Å²) in [5.41, 5.74) is 1.58. The molecule has 0 fully saturated rings. The predicted octanol–water partition coefficient (Wildman–Crippen LogP) is 3.10. The van der Waals surface area contributed by atoms with E-state index in [2.05, 4.69) is 10.1 Å². The zero-order valence-electron chi connectivity index (χ0n) is 12.2. The SMILES string of the molecule is O=c1c2cnccc2ccn1Cc1cc(-c2ccccc2)on1. The van der Waals surface area contributed by atoms with Gasteiger partial charge in [-0.2, -0.15) is 0 Å². The third-order valence-corrected chi connectivity index (χ3v) is 3.73. The topological polar surface area (TPSA) is 60.9 Å². The van der Waals surface area contributed by atoms with Crippen LogP contribution >= 0.6 is 0 Å². The van der Waals surface area contributed by atoms with Gasteiger partial charge in [0.05, 0.1) is 11.9 Å². The molecule has 0 spiro atoms. The Morgan fingerprint density at radius 3 is 2.83 bits per heavy atom. The molecule has 0 saturated heterocycles. The van der Waals surface area contributed by atoms with Crippen molar-refractivity contribution >= 4 is 10.8 Å². The van der Waals surface area contributed by atoms with Gasteiger partial charge in [-0.05, 0) is 17.5 Å². The molecule has 3 heterocycles. The first-order valence-corrected chi connectivity index (χ1v) is 7.25. The summed E-state index contributed by atoms with van der Waals surface area (Å²) >= 11 is 0. The molecule has 0 amide bonds. The molecular formula is C18H13N3O2. The number of pyridine rings is 2. The van der Waals surface area contributed by atoms with Crippen LogP contribution in [0.3, 0.4) is 0 Å². The second-order valence-electron chi connectivity index (χ2n) is 5.26. The third-order valence-electron chi connectivity index (χ3n) is 3.73. The maximum absolute atomic E-state index is 12.5. The van der Waals surface area contributed by atoms with E-state index >= 15 is 0 Å². The zero-order chi connectivity index (χ0) is 15.6. The van der Waals surface area contributed by atoms with Gasteiger partial charge in [-0.3, -0.25) is 9.78 Å². The normalized spacial score (nSPS) is 11.0. The molecule has 0 radical (unpaired) electrons. The van der Waals surface area contributed by atoms with Gasteiger partial charge in [0, 0.05) is 30.2 Å². The number of fused-ring (bicyclic) bond motifs is 1. The van der Waals surface area contributed by atoms with Gasteiger partial charge < -0.3 is 9.09 Å². The van der Waals surface area contributed by atoms with E-state index in [1.165, 1.54) is 0 Å². The van der Waals surface area contributed by atoms with Gasteiger partial charge in [0.25, 0.3) is 5.56 Å². The quantitative estimate of drug-likeness (QED) is 0.583. The van der Waals surface area contributed by atoms with Crippen molar-refractivity contribution in [3.8, 4) is 11.3 Å². The lowest BCUT2D eigenvalue weighted by Crippen LogP contribution is -2.20. The first-order valence-electron chi connectivity index (χ1n) is 7.25. The fourth-order valence-electron chi connectivity index (χ4n) is 2.55. The number of nitrogens with zero attached hydrogens (tertiary/aromatic N) is 3. The molecule has 23 heavy (non-hydrogen) atoms. The Morgan fingerprint density at radius 1 is 1.09 bits per heavy atom. The fourth-order valence-corrected chi connectivity index (χ4v) is 2.55. The largest absolute Gasteiger partial charge is 0.356 e. The Labute approximate surface area is 131 Å². The molecule has 4 aromatic rings. The smallest absolute Gasteiger partial charge is 0.260 e. The van der Waals surface area contributed by atoms with Crippen molar-refractivity contribution in [1.82, 2.24) is 14.7 Å². The van der Waals surface area contributed by atoms with Crippen LogP contribution in [-0.2, 0) is 6.54 Å². The Morgan fingerprint density at radius 2 is 1.96 bits per heavy atom. The summed E-state index contributed by atoms with van der Waals surface area (Å²) in [5.74, 6) is 0.691. The standard InChI is InChI=1S/C18H13N3O2/c22-18-16-11-19-8-6-13(16)7-9-21(18)12-15-10-17(23-20-15)14-4-2-1-3-5-14/h1-11H,12H2. The van der Waals surface area contributed by atoms with Crippen LogP contribution in [-0.4, -0.2) is 14.7 Å². The van der Waals surface area contributed by atoms with Gasteiger partial charge in [-0.1, -0.05) is 35.5 Å². The van der Waals surface area contributed by atoms with E-state index in [1.807, 2.05) is 48.5 Å². The van der Waals surface area contributed by atoms with Crippen molar-refractivity contribution in [2.75, 3.05) is 0 Å². The summed E-state index contributed by atoms with van der Waals surface area (Å²) in [4.78, 5) is 16.5. The van der Waals surface area contributed by atoms with Crippen LogP contribution in [0.5, 0.6) is 0 Å². The van der Waals surface area contributed by atoms with Crippen molar-refractivity contribution in [2.45, 2.75) is 6.54 Å². The summed E-state index contributed by atoms with van der Waals surface area (Å²) in [7, 11) is 0. The van der Waals surface area contributed by atoms with Crippen LogP contribution < -0.4 is 5.56 Å². The maximum atomic E-state index is 12.5. The van der Waals surface area contributed by atoms with E-state index in [4.69, 9.17) is 4.52 Å². The van der Waals surface area contributed by atoms with Crippen molar-refractivity contribution in [3.63, 3.8) is 0 Å². The Kier molecular flexibility index (Phi) is 3.24. The molecule has 5 nitrogen and oxygen atoms in total. The van der Waals surface area contributed by atoms with Gasteiger partial charge in [0.1, 0.15) is 5.69 Å². The van der Waals surface area contributed by atoms with E-state index < -0.39 is 0 Å². The van der Waals surface area contributed by atoms with Crippen molar-refractivity contribution in [1.29, 1.82) is 0 Å². The van der Waals surface area contributed by atoms with Crippen molar-refractivity contribution < 1.29 is 4.52 Å². The zero-order valence-corrected chi connectivity index (χ0v) is 12.2. The van der Waals surface area contributed by atoms with Crippen molar-refractivity contribution in [2.24, 2.45) is 0 Å².